The maximum atomic E-state index is 12.6. The number of hydrogen-bond acceptors (Lipinski definition) is 3. The van der Waals surface area contributed by atoms with Gasteiger partial charge < -0.3 is 15.4 Å². The fourth-order valence-electron chi connectivity index (χ4n) is 2.98. The van der Waals surface area contributed by atoms with Gasteiger partial charge in [-0.05, 0) is 36.2 Å². The molecule has 0 heterocycles. The van der Waals surface area contributed by atoms with Crippen LogP contribution < -0.4 is 15.4 Å². The summed E-state index contributed by atoms with van der Waals surface area (Å²) in [5, 5.41) is 6.31. The molecule has 3 aromatic rings. The van der Waals surface area contributed by atoms with Gasteiger partial charge in [-0.25, -0.2) is 0 Å². The summed E-state index contributed by atoms with van der Waals surface area (Å²) in [5.74, 6) is -0.218. The molecule has 0 saturated heterocycles. The third-order valence-electron chi connectivity index (χ3n) is 4.54. The van der Waals surface area contributed by atoms with Gasteiger partial charge in [-0.3, -0.25) is 9.59 Å². The summed E-state index contributed by atoms with van der Waals surface area (Å²) in [5.41, 5.74) is 2.20. The van der Waals surface area contributed by atoms with E-state index in [-0.39, 0.29) is 24.5 Å². The van der Waals surface area contributed by atoms with Gasteiger partial charge >= 0.3 is 0 Å². The third kappa shape index (κ3) is 5.84. The molecule has 2 N–H and O–H groups in total. The topological polar surface area (TPSA) is 67.4 Å². The highest BCUT2D eigenvalue weighted by atomic mass is 35.5. The molecule has 3 rings (SSSR count). The number of ether oxygens (including phenoxy) is 1. The lowest BCUT2D eigenvalue weighted by atomic mass is 10.1. The van der Waals surface area contributed by atoms with Gasteiger partial charge in [0.05, 0.1) is 11.6 Å². The number of carbonyl (C=O) groups is 2. The van der Waals surface area contributed by atoms with Crippen molar-refractivity contribution in [2.24, 2.45) is 0 Å². The first-order valence-electron chi connectivity index (χ1n) is 9.62. The molecule has 30 heavy (non-hydrogen) atoms. The molecule has 0 aliphatic rings. The van der Waals surface area contributed by atoms with E-state index in [1.54, 1.807) is 30.3 Å². The molecule has 5 nitrogen and oxygen atoms in total. The van der Waals surface area contributed by atoms with Crippen LogP contribution in [0.5, 0.6) is 5.75 Å². The van der Waals surface area contributed by atoms with Crippen molar-refractivity contribution in [3.63, 3.8) is 0 Å². The second-order valence-electron chi connectivity index (χ2n) is 6.76. The molecule has 0 spiro atoms. The Hall–Kier alpha value is -3.31. The quantitative estimate of drug-likeness (QED) is 0.560. The fourth-order valence-corrected chi connectivity index (χ4v) is 3.28. The number of amides is 2. The van der Waals surface area contributed by atoms with Crippen LogP contribution in [0.2, 0.25) is 5.02 Å². The van der Waals surface area contributed by atoms with Crippen molar-refractivity contribution in [1.29, 1.82) is 0 Å². The van der Waals surface area contributed by atoms with E-state index < -0.39 is 0 Å². The lowest BCUT2D eigenvalue weighted by molar-refractivity contribution is -0.123. The molecule has 0 saturated carbocycles. The lowest BCUT2D eigenvalue weighted by Crippen LogP contribution is -2.32. The molecule has 0 aromatic heterocycles. The van der Waals surface area contributed by atoms with E-state index in [4.69, 9.17) is 16.3 Å². The van der Waals surface area contributed by atoms with Crippen LogP contribution in [0.15, 0.2) is 78.9 Å². The van der Waals surface area contributed by atoms with Gasteiger partial charge in [-0.2, -0.15) is 0 Å². The van der Waals surface area contributed by atoms with Crippen LogP contribution in [-0.4, -0.2) is 18.4 Å². The lowest BCUT2D eigenvalue weighted by Gasteiger charge is -2.16. The van der Waals surface area contributed by atoms with Gasteiger partial charge in [-0.1, -0.05) is 72.3 Å². The van der Waals surface area contributed by atoms with Gasteiger partial charge in [0.2, 0.25) is 0 Å². The number of rotatable bonds is 8. The Labute approximate surface area is 181 Å². The van der Waals surface area contributed by atoms with E-state index in [1.807, 2.05) is 55.5 Å². The summed E-state index contributed by atoms with van der Waals surface area (Å²) >= 11 is 6.18. The molecular weight excluding hydrogens is 400 g/mol. The molecule has 0 fully saturated rings. The Bertz CT molecular complexity index is 1010. The van der Waals surface area contributed by atoms with Crippen LogP contribution in [-0.2, 0) is 11.3 Å². The van der Waals surface area contributed by atoms with Gasteiger partial charge in [-0.15, -0.1) is 0 Å². The summed E-state index contributed by atoms with van der Waals surface area (Å²) < 4.78 is 5.63. The van der Waals surface area contributed by atoms with Crippen molar-refractivity contribution < 1.29 is 14.3 Å². The number of benzene rings is 3. The van der Waals surface area contributed by atoms with Gasteiger partial charge in [0.1, 0.15) is 5.75 Å². The number of para-hydroxylation sites is 1. The van der Waals surface area contributed by atoms with E-state index in [1.165, 1.54) is 0 Å². The Morgan fingerprint density at radius 3 is 2.37 bits per heavy atom. The van der Waals surface area contributed by atoms with E-state index in [2.05, 4.69) is 10.6 Å². The summed E-state index contributed by atoms with van der Waals surface area (Å²) in [6.07, 6.45) is 0. The largest absolute Gasteiger partial charge is 0.483 e. The van der Waals surface area contributed by atoms with Crippen LogP contribution in [0.1, 0.15) is 34.5 Å². The first kappa shape index (κ1) is 21.4. The Morgan fingerprint density at radius 1 is 0.933 bits per heavy atom. The van der Waals surface area contributed by atoms with Gasteiger partial charge in [0, 0.05) is 11.6 Å². The zero-order chi connectivity index (χ0) is 21.3. The number of carbonyl (C=O) groups excluding carboxylic acids is 2. The van der Waals surface area contributed by atoms with Crippen molar-refractivity contribution in [3.8, 4) is 5.75 Å². The van der Waals surface area contributed by atoms with E-state index in [0.717, 1.165) is 11.1 Å². The first-order valence-corrected chi connectivity index (χ1v) is 10.00. The van der Waals surface area contributed by atoms with Crippen LogP contribution in [0.25, 0.3) is 0 Å². The highest BCUT2D eigenvalue weighted by Crippen LogP contribution is 2.22. The average molecular weight is 423 g/mol. The van der Waals surface area contributed by atoms with E-state index in [9.17, 15) is 9.59 Å². The maximum Gasteiger partial charge on any atom is 0.258 e. The van der Waals surface area contributed by atoms with E-state index in [0.29, 0.717) is 22.9 Å². The number of halogens is 1. The zero-order valence-corrected chi connectivity index (χ0v) is 17.4. The summed E-state index contributed by atoms with van der Waals surface area (Å²) in [7, 11) is 0. The highest BCUT2D eigenvalue weighted by Gasteiger charge is 2.15. The fraction of sp³-hybridized carbons (Fsp3) is 0.167. The van der Waals surface area contributed by atoms with Crippen molar-refractivity contribution in [3.05, 3.63) is 101 Å². The molecule has 0 unspecified atom stereocenters. The minimum Gasteiger partial charge on any atom is -0.483 e. The molecule has 2 amide bonds. The molecule has 154 valence electrons. The number of nitrogens with one attached hydrogen (secondary N) is 2. The highest BCUT2D eigenvalue weighted by molar-refractivity contribution is 6.31. The Kier molecular flexibility index (Phi) is 7.46. The van der Waals surface area contributed by atoms with Crippen LogP contribution in [0, 0.1) is 0 Å². The number of hydrogen-bond donors (Lipinski definition) is 2. The van der Waals surface area contributed by atoms with Crippen molar-refractivity contribution in [2.75, 3.05) is 6.61 Å². The van der Waals surface area contributed by atoms with E-state index >= 15 is 0 Å². The molecule has 0 aliphatic heterocycles. The summed E-state index contributed by atoms with van der Waals surface area (Å²) in [6.45, 7) is 2.05. The third-order valence-corrected chi connectivity index (χ3v) is 4.88. The van der Waals surface area contributed by atoms with Gasteiger partial charge in [0.25, 0.3) is 11.8 Å². The molecular formula is C24H23ClN2O3. The molecule has 6 heteroatoms. The predicted molar refractivity (Wildman–Crippen MR) is 118 cm³/mol. The second kappa shape index (κ2) is 10.5. The Balaban J connectivity index is 1.57. The average Bonchev–Trinajstić information content (AvgIpc) is 2.77. The van der Waals surface area contributed by atoms with Crippen LogP contribution in [0.3, 0.4) is 0 Å². The predicted octanol–water partition coefficient (Wildman–Crippen LogP) is 4.53. The van der Waals surface area contributed by atoms with Crippen LogP contribution in [0.4, 0.5) is 0 Å². The molecule has 3 aromatic carbocycles. The zero-order valence-electron chi connectivity index (χ0n) is 16.6. The van der Waals surface area contributed by atoms with Gasteiger partial charge in [0.15, 0.2) is 6.61 Å². The summed E-state index contributed by atoms with van der Waals surface area (Å²) in [4.78, 5) is 24.9. The minimum atomic E-state index is -0.304. The van der Waals surface area contributed by atoms with Crippen LogP contribution >= 0.6 is 11.6 Å². The second-order valence-corrected chi connectivity index (χ2v) is 7.17. The molecule has 0 aliphatic carbocycles. The van der Waals surface area contributed by atoms with Crippen molar-refractivity contribution in [2.45, 2.75) is 19.5 Å². The standard InChI is InChI=1S/C24H23ClN2O3/c1-17(19-11-5-7-13-21(19)25)27-23(28)16-30-22-14-8-6-12-20(22)24(29)26-15-18-9-3-2-4-10-18/h2-14,17H,15-16H2,1H3,(H,26,29)(H,27,28)/t17-/m1/s1. The van der Waals surface area contributed by atoms with Crippen molar-refractivity contribution in [1.82, 2.24) is 10.6 Å². The minimum absolute atomic E-state index is 0.211. The molecule has 0 radical (unpaired) electrons. The monoisotopic (exact) mass is 422 g/mol. The normalized spacial score (nSPS) is 11.4. The smallest absolute Gasteiger partial charge is 0.258 e. The first-order chi connectivity index (χ1) is 14.5. The summed E-state index contributed by atoms with van der Waals surface area (Å²) in [6, 6.07) is 23.6. The molecule has 0 bridgehead atoms. The molecule has 1 atom stereocenters. The van der Waals surface area contributed by atoms with Crippen molar-refractivity contribution >= 4 is 23.4 Å². The Morgan fingerprint density at radius 2 is 1.60 bits per heavy atom. The SMILES string of the molecule is C[C@@H](NC(=O)COc1ccccc1C(=O)NCc1ccccc1)c1ccccc1Cl. The maximum absolute atomic E-state index is 12.6.